The lowest BCUT2D eigenvalue weighted by Crippen LogP contribution is -2.32. The molecule has 2 fully saturated rings. The van der Waals surface area contributed by atoms with Gasteiger partial charge in [-0.15, -0.1) is 0 Å². The molecule has 3 rings (SSSR count). The SMILES string of the molecule is Cc1ccc(C2C(C(=O)O)CC(=O)N2C2CC2)cc1Br. The summed E-state index contributed by atoms with van der Waals surface area (Å²) in [4.78, 5) is 25.4. The number of nitrogens with zero attached hydrogens (tertiary/aromatic N) is 1. The highest BCUT2D eigenvalue weighted by Crippen LogP contribution is 2.45. The van der Waals surface area contributed by atoms with Crippen LogP contribution in [0.15, 0.2) is 22.7 Å². The first-order chi connectivity index (χ1) is 9.49. The van der Waals surface area contributed by atoms with Gasteiger partial charge < -0.3 is 10.0 Å². The van der Waals surface area contributed by atoms with Crippen molar-refractivity contribution in [2.45, 2.75) is 38.3 Å². The third-order valence-electron chi connectivity index (χ3n) is 4.16. The molecule has 1 aliphatic heterocycles. The van der Waals surface area contributed by atoms with Crippen molar-refractivity contribution in [3.8, 4) is 0 Å². The number of benzene rings is 1. The molecule has 20 heavy (non-hydrogen) atoms. The van der Waals surface area contributed by atoms with Gasteiger partial charge in [-0.3, -0.25) is 9.59 Å². The lowest BCUT2D eigenvalue weighted by Gasteiger charge is -2.27. The van der Waals surface area contributed by atoms with Crippen molar-refractivity contribution in [2.24, 2.45) is 5.92 Å². The van der Waals surface area contributed by atoms with E-state index in [0.29, 0.717) is 0 Å². The van der Waals surface area contributed by atoms with Crippen LogP contribution >= 0.6 is 15.9 Å². The number of halogens is 1. The lowest BCUT2D eigenvalue weighted by atomic mass is 9.93. The molecular weight excluding hydrogens is 322 g/mol. The van der Waals surface area contributed by atoms with Gasteiger partial charge in [0.15, 0.2) is 0 Å². The fourth-order valence-electron chi connectivity index (χ4n) is 2.95. The topological polar surface area (TPSA) is 57.6 Å². The first-order valence-corrected chi connectivity index (χ1v) is 7.58. The number of carboxylic acids is 1. The zero-order chi connectivity index (χ0) is 14.4. The van der Waals surface area contributed by atoms with E-state index in [1.54, 1.807) is 4.90 Å². The van der Waals surface area contributed by atoms with E-state index in [1.165, 1.54) is 0 Å². The molecule has 1 saturated carbocycles. The van der Waals surface area contributed by atoms with Crippen LogP contribution in [0.2, 0.25) is 0 Å². The van der Waals surface area contributed by atoms with E-state index < -0.39 is 11.9 Å². The number of carboxylic acid groups (broad SMARTS) is 1. The summed E-state index contributed by atoms with van der Waals surface area (Å²) in [6, 6.07) is 5.76. The molecule has 2 atom stereocenters. The molecule has 0 aromatic heterocycles. The largest absolute Gasteiger partial charge is 0.481 e. The Labute approximate surface area is 125 Å². The van der Waals surface area contributed by atoms with Gasteiger partial charge in [0.05, 0.1) is 12.0 Å². The monoisotopic (exact) mass is 337 g/mol. The van der Waals surface area contributed by atoms with Gasteiger partial charge in [0.2, 0.25) is 5.91 Å². The smallest absolute Gasteiger partial charge is 0.309 e. The second-order valence-electron chi connectivity index (χ2n) is 5.63. The van der Waals surface area contributed by atoms with Gasteiger partial charge in [0.25, 0.3) is 0 Å². The minimum Gasteiger partial charge on any atom is -0.481 e. The molecule has 1 saturated heterocycles. The van der Waals surface area contributed by atoms with Crippen molar-refractivity contribution in [3.63, 3.8) is 0 Å². The Balaban J connectivity index is 2.02. The van der Waals surface area contributed by atoms with Gasteiger partial charge >= 0.3 is 5.97 Å². The van der Waals surface area contributed by atoms with E-state index in [4.69, 9.17) is 0 Å². The van der Waals surface area contributed by atoms with Crippen LogP contribution in [0.4, 0.5) is 0 Å². The van der Waals surface area contributed by atoms with Crippen molar-refractivity contribution in [1.82, 2.24) is 4.90 Å². The van der Waals surface area contributed by atoms with E-state index in [1.807, 2.05) is 25.1 Å². The molecule has 1 N–H and O–H groups in total. The van der Waals surface area contributed by atoms with Crippen molar-refractivity contribution < 1.29 is 14.7 Å². The number of rotatable bonds is 3. The number of amides is 1. The number of carbonyl (C=O) groups excluding carboxylic acids is 1. The van der Waals surface area contributed by atoms with Gasteiger partial charge in [-0.1, -0.05) is 28.1 Å². The maximum absolute atomic E-state index is 12.2. The fraction of sp³-hybridized carbons (Fsp3) is 0.467. The Morgan fingerprint density at radius 2 is 2.10 bits per heavy atom. The summed E-state index contributed by atoms with van der Waals surface area (Å²) >= 11 is 3.49. The number of aliphatic carboxylic acids is 1. The van der Waals surface area contributed by atoms with E-state index in [0.717, 1.165) is 28.4 Å². The fourth-order valence-corrected chi connectivity index (χ4v) is 3.34. The number of hydrogen-bond acceptors (Lipinski definition) is 2. The van der Waals surface area contributed by atoms with Crippen LogP contribution in [-0.2, 0) is 9.59 Å². The summed E-state index contributed by atoms with van der Waals surface area (Å²) in [6.45, 7) is 1.99. The van der Waals surface area contributed by atoms with Gasteiger partial charge in [0.1, 0.15) is 0 Å². The molecular formula is C15H16BrNO3. The van der Waals surface area contributed by atoms with Gasteiger partial charge in [-0.05, 0) is 37.0 Å². The number of aryl methyl sites for hydroxylation is 1. The minimum atomic E-state index is -0.886. The maximum atomic E-state index is 12.2. The quantitative estimate of drug-likeness (QED) is 0.922. The van der Waals surface area contributed by atoms with Crippen LogP contribution in [0, 0.1) is 12.8 Å². The second kappa shape index (κ2) is 4.88. The van der Waals surface area contributed by atoms with Gasteiger partial charge in [0, 0.05) is 16.9 Å². The zero-order valence-corrected chi connectivity index (χ0v) is 12.8. The molecule has 1 aromatic carbocycles. The Hall–Kier alpha value is -1.36. The van der Waals surface area contributed by atoms with E-state index >= 15 is 0 Å². The maximum Gasteiger partial charge on any atom is 0.309 e. The first kappa shape index (κ1) is 13.6. The summed E-state index contributed by atoms with van der Waals surface area (Å²) in [5, 5.41) is 9.42. The van der Waals surface area contributed by atoms with Crippen LogP contribution in [0.3, 0.4) is 0 Å². The van der Waals surface area contributed by atoms with E-state index in [2.05, 4.69) is 15.9 Å². The van der Waals surface area contributed by atoms with Crippen molar-refractivity contribution >= 4 is 27.8 Å². The predicted molar refractivity (Wildman–Crippen MR) is 77.2 cm³/mol. The highest BCUT2D eigenvalue weighted by Gasteiger charge is 2.49. The third kappa shape index (κ3) is 2.24. The van der Waals surface area contributed by atoms with E-state index in [-0.39, 0.29) is 24.4 Å². The third-order valence-corrected chi connectivity index (χ3v) is 5.01. The summed E-state index contributed by atoms with van der Waals surface area (Å²) in [5.74, 6) is -1.55. The van der Waals surface area contributed by atoms with Crippen LogP contribution in [0.25, 0.3) is 0 Å². The van der Waals surface area contributed by atoms with Crippen molar-refractivity contribution in [2.75, 3.05) is 0 Å². The van der Waals surface area contributed by atoms with Gasteiger partial charge in [-0.25, -0.2) is 0 Å². The molecule has 1 heterocycles. The molecule has 1 aromatic rings. The second-order valence-corrected chi connectivity index (χ2v) is 6.49. The molecule has 0 radical (unpaired) electrons. The van der Waals surface area contributed by atoms with Crippen LogP contribution < -0.4 is 0 Å². The number of carbonyl (C=O) groups is 2. The summed E-state index contributed by atoms with van der Waals surface area (Å²) in [6.07, 6.45) is 2.09. The molecule has 0 bridgehead atoms. The van der Waals surface area contributed by atoms with Crippen molar-refractivity contribution in [1.29, 1.82) is 0 Å². The van der Waals surface area contributed by atoms with Crippen LogP contribution in [0.1, 0.15) is 36.4 Å². The predicted octanol–water partition coefficient (Wildman–Crippen LogP) is 2.89. The molecule has 0 spiro atoms. The molecule has 2 unspecified atom stereocenters. The molecule has 1 aliphatic carbocycles. The molecule has 4 nitrogen and oxygen atoms in total. The van der Waals surface area contributed by atoms with Crippen LogP contribution in [0.5, 0.6) is 0 Å². The molecule has 2 aliphatic rings. The van der Waals surface area contributed by atoms with E-state index in [9.17, 15) is 14.7 Å². The summed E-state index contributed by atoms with van der Waals surface area (Å²) < 4.78 is 0.953. The van der Waals surface area contributed by atoms with Crippen LogP contribution in [-0.4, -0.2) is 27.9 Å². The summed E-state index contributed by atoms with van der Waals surface area (Å²) in [7, 11) is 0. The first-order valence-electron chi connectivity index (χ1n) is 6.79. The normalized spacial score (nSPS) is 26.1. The minimum absolute atomic E-state index is 0.0263. The zero-order valence-electron chi connectivity index (χ0n) is 11.2. The Bertz CT molecular complexity index is 582. The highest BCUT2D eigenvalue weighted by molar-refractivity contribution is 9.10. The molecule has 106 valence electrons. The van der Waals surface area contributed by atoms with Gasteiger partial charge in [-0.2, -0.15) is 0 Å². The highest BCUT2D eigenvalue weighted by atomic mass is 79.9. The number of hydrogen-bond donors (Lipinski definition) is 1. The van der Waals surface area contributed by atoms with Crippen molar-refractivity contribution in [3.05, 3.63) is 33.8 Å². The molecule has 1 amide bonds. The average molecular weight is 338 g/mol. The number of likely N-dealkylation sites (tertiary alicyclic amines) is 1. The Kier molecular flexibility index (Phi) is 3.32. The lowest BCUT2D eigenvalue weighted by molar-refractivity contribution is -0.142. The average Bonchev–Trinajstić information content (AvgIpc) is 3.16. The molecule has 5 heteroatoms. The standard InChI is InChI=1S/C15H16BrNO3/c1-8-2-3-9(6-12(8)16)14-11(15(19)20)7-13(18)17(14)10-4-5-10/h2-3,6,10-11,14H,4-5,7H2,1H3,(H,19,20). The summed E-state index contributed by atoms with van der Waals surface area (Å²) in [5.41, 5.74) is 2.01. The Morgan fingerprint density at radius 1 is 1.40 bits per heavy atom. The Morgan fingerprint density at radius 3 is 2.65 bits per heavy atom.